The second-order valence-corrected chi connectivity index (χ2v) is 6.15. The van der Waals surface area contributed by atoms with E-state index in [9.17, 15) is 5.11 Å². The monoisotopic (exact) mass is 404 g/mol. The van der Waals surface area contributed by atoms with Crippen LogP contribution in [-0.4, -0.2) is 47.0 Å². The standard InChI is InChI=1S/C16H25N2O2.HI/c1-11(2)18(4,5)16(19)12(3)20-15-8-6-7-14-13(15)9-10-17-14;/h6-12,16-17,19H,1-5H3;1H/q+1;/p-1. The molecule has 118 valence electrons. The van der Waals surface area contributed by atoms with Crippen molar-refractivity contribution in [3.8, 4) is 5.75 Å². The molecule has 1 heterocycles. The van der Waals surface area contributed by atoms with Crippen LogP contribution < -0.4 is 28.7 Å². The number of aromatic amines is 1. The van der Waals surface area contributed by atoms with Gasteiger partial charge in [-0.3, -0.25) is 4.48 Å². The molecule has 0 saturated heterocycles. The number of likely N-dealkylation sites (N-methyl/N-ethyl adjacent to an activating group) is 1. The zero-order valence-corrected chi connectivity index (χ0v) is 15.5. The van der Waals surface area contributed by atoms with E-state index in [2.05, 4.69) is 18.8 Å². The smallest absolute Gasteiger partial charge is 0.228 e. The van der Waals surface area contributed by atoms with Gasteiger partial charge in [0.25, 0.3) is 0 Å². The largest absolute Gasteiger partial charge is 1.00 e. The molecule has 1 aromatic carbocycles. The van der Waals surface area contributed by atoms with Crippen molar-refractivity contribution in [3.05, 3.63) is 30.5 Å². The first-order valence-corrected chi connectivity index (χ1v) is 7.08. The Morgan fingerprint density at radius 3 is 2.43 bits per heavy atom. The first-order valence-electron chi connectivity index (χ1n) is 7.08. The maximum atomic E-state index is 10.5. The number of ether oxygens (including phenoxy) is 1. The van der Waals surface area contributed by atoms with Gasteiger partial charge in [0.1, 0.15) is 5.75 Å². The quantitative estimate of drug-likeness (QED) is 0.410. The van der Waals surface area contributed by atoms with Crippen LogP contribution in [0.25, 0.3) is 10.9 Å². The van der Waals surface area contributed by atoms with Crippen LogP contribution in [-0.2, 0) is 0 Å². The Balaban J connectivity index is 0.00000220. The lowest BCUT2D eigenvalue weighted by molar-refractivity contribution is -0.958. The summed E-state index contributed by atoms with van der Waals surface area (Å²) in [5, 5.41) is 11.6. The van der Waals surface area contributed by atoms with E-state index in [0.29, 0.717) is 10.5 Å². The molecule has 0 fully saturated rings. The Labute approximate surface area is 143 Å². The van der Waals surface area contributed by atoms with Crippen molar-refractivity contribution in [2.75, 3.05) is 14.1 Å². The molecule has 4 nitrogen and oxygen atoms in total. The van der Waals surface area contributed by atoms with Crippen LogP contribution in [0.4, 0.5) is 0 Å². The Morgan fingerprint density at radius 2 is 1.81 bits per heavy atom. The number of halogens is 1. The topological polar surface area (TPSA) is 45.2 Å². The minimum Gasteiger partial charge on any atom is -1.00 e. The van der Waals surface area contributed by atoms with Crippen molar-refractivity contribution in [2.45, 2.75) is 39.1 Å². The Hall–Kier alpha value is -0.790. The summed E-state index contributed by atoms with van der Waals surface area (Å²) in [6.45, 7) is 6.12. The van der Waals surface area contributed by atoms with Crippen LogP contribution in [0.2, 0.25) is 0 Å². The van der Waals surface area contributed by atoms with Gasteiger partial charge in [-0.15, -0.1) is 0 Å². The molecule has 0 aliphatic rings. The summed E-state index contributed by atoms with van der Waals surface area (Å²) < 4.78 is 6.50. The van der Waals surface area contributed by atoms with E-state index in [1.165, 1.54) is 0 Å². The lowest BCUT2D eigenvalue weighted by atomic mass is 10.2. The number of hydrogen-bond donors (Lipinski definition) is 2. The normalized spacial score (nSPS) is 14.8. The number of fused-ring (bicyclic) bond motifs is 1. The van der Waals surface area contributed by atoms with E-state index in [0.717, 1.165) is 16.7 Å². The number of rotatable bonds is 5. The molecule has 21 heavy (non-hydrogen) atoms. The molecule has 2 unspecified atom stereocenters. The van der Waals surface area contributed by atoms with Crippen LogP contribution in [0.5, 0.6) is 5.75 Å². The maximum absolute atomic E-state index is 10.5. The van der Waals surface area contributed by atoms with Gasteiger partial charge in [-0.25, -0.2) is 0 Å². The number of H-pyrrole nitrogens is 1. The van der Waals surface area contributed by atoms with Crippen molar-refractivity contribution >= 4 is 10.9 Å². The van der Waals surface area contributed by atoms with Crippen LogP contribution in [0.1, 0.15) is 20.8 Å². The molecule has 5 heteroatoms. The molecule has 0 radical (unpaired) electrons. The van der Waals surface area contributed by atoms with Gasteiger partial charge in [0.2, 0.25) is 6.23 Å². The Morgan fingerprint density at radius 1 is 1.14 bits per heavy atom. The zero-order valence-electron chi connectivity index (χ0n) is 13.3. The van der Waals surface area contributed by atoms with Crippen molar-refractivity contribution < 1.29 is 38.3 Å². The fourth-order valence-corrected chi connectivity index (χ4v) is 2.27. The highest BCUT2D eigenvalue weighted by Gasteiger charge is 2.35. The van der Waals surface area contributed by atoms with Crippen molar-refractivity contribution in [1.29, 1.82) is 0 Å². The van der Waals surface area contributed by atoms with Gasteiger partial charge >= 0.3 is 0 Å². The number of aliphatic hydroxyl groups excluding tert-OH is 1. The van der Waals surface area contributed by atoms with Gasteiger partial charge in [0.15, 0.2) is 6.10 Å². The van der Waals surface area contributed by atoms with Crippen LogP contribution in [0, 0.1) is 0 Å². The molecule has 2 rings (SSSR count). The summed E-state index contributed by atoms with van der Waals surface area (Å²) in [5.41, 5.74) is 1.04. The third kappa shape index (κ3) is 3.70. The molecule has 2 aromatic rings. The van der Waals surface area contributed by atoms with Gasteiger partial charge in [-0.05, 0) is 39.0 Å². The van der Waals surface area contributed by atoms with Crippen molar-refractivity contribution in [1.82, 2.24) is 4.98 Å². The van der Waals surface area contributed by atoms with E-state index in [-0.39, 0.29) is 30.1 Å². The Bertz CT molecular complexity index is 580. The summed E-state index contributed by atoms with van der Waals surface area (Å²) in [6.07, 6.45) is 1.03. The van der Waals surface area contributed by atoms with Gasteiger partial charge in [-0.2, -0.15) is 0 Å². The number of aliphatic hydroxyl groups is 1. The minimum absolute atomic E-state index is 0. The van der Waals surface area contributed by atoms with Gasteiger partial charge < -0.3 is 38.8 Å². The predicted octanol–water partition coefficient (Wildman–Crippen LogP) is -0.258. The van der Waals surface area contributed by atoms with Crippen LogP contribution >= 0.6 is 0 Å². The number of hydrogen-bond acceptors (Lipinski definition) is 2. The molecule has 0 spiro atoms. The molecular weight excluding hydrogens is 379 g/mol. The van der Waals surface area contributed by atoms with Crippen LogP contribution in [0.15, 0.2) is 30.5 Å². The maximum Gasteiger partial charge on any atom is 0.228 e. The zero-order chi connectivity index (χ0) is 14.9. The highest BCUT2D eigenvalue weighted by Crippen LogP contribution is 2.27. The average Bonchev–Trinajstić information content (AvgIpc) is 2.86. The molecule has 0 aliphatic heterocycles. The molecule has 0 aliphatic carbocycles. The summed E-state index contributed by atoms with van der Waals surface area (Å²) in [4.78, 5) is 3.16. The second kappa shape index (κ2) is 6.98. The lowest BCUT2D eigenvalue weighted by Gasteiger charge is -2.40. The predicted molar refractivity (Wildman–Crippen MR) is 81.6 cm³/mol. The molecule has 0 bridgehead atoms. The molecule has 2 atom stereocenters. The highest BCUT2D eigenvalue weighted by molar-refractivity contribution is 5.85. The number of benzene rings is 1. The number of nitrogens with one attached hydrogen (secondary N) is 1. The van der Waals surface area contributed by atoms with Crippen LogP contribution in [0.3, 0.4) is 0 Å². The molecule has 2 N–H and O–H groups in total. The molecule has 0 amide bonds. The average molecular weight is 404 g/mol. The van der Waals surface area contributed by atoms with E-state index in [4.69, 9.17) is 4.74 Å². The number of aromatic nitrogens is 1. The van der Waals surface area contributed by atoms with E-state index in [1.54, 1.807) is 0 Å². The second-order valence-electron chi connectivity index (χ2n) is 6.15. The minimum atomic E-state index is -0.579. The summed E-state index contributed by atoms with van der Waals surface area (Å²) >= 11 is 0. The van der Waals surface area contributed by atoms with E-state index in [1.807, 2.05) is 51.5 Å². The first kappa shape index (κ1) is 18.3. The van der Waals surface area contributed by atoms with Gasteiger partial charge in [0, 0.05) is 17.1 Å². The summed E-state index contributed by atoms with van der Waals surface area (Å²) in [5.74, 6) is 0.805. The van der Waals surface area contributed by atoms with E-state index < -0.39 is 6.23 Å². The first-order chi connectivity index (χ1) is 9.34. The number of quaternary nitrogens is 1. The van der Waals surface area contributed by atoms with Gasteiger partial charge in [0.05, 0.1) is 20.1 Å². The SMILES string of the molecule is CC(Oc1cccc2[nH]ccc12)C(O)[N+](C)(C)C(C)C.[I-]. The third-order valence-corrected chi connectivity index (χ3v) is 4.30. The van der Waals surface area contributed by atoms with E-state index >= 15 is 0 Å². The van der Waals surface area contributed by atoms with Gasteiger partial charge in [-0.1, -0.05) is 6.07 Å². The van der Waals surface area contributed by atoms with Crippen molar-refractivity contribution in [3.63, 3.8) is 0 Å². The summed E-state index contributed by atoms with van der Waals surface area (Å²) in [6, 6.07) is 8.22. The fourth-order valence-electron chi connectivity index (χ4n) is 2.27. The molecular formula is C16H25IN2O2. The van der Waals surface area contributed by atoms with Crippen molar-refractivity contribution in [2.24, 2.45) is 0 Å². The Kier molecular flexibility index (Phi) is 6.07. The fraction of sp³-hybridized carbons (Fsp3) is 0.500. The lowest BCUT2D eigenvalue weighted by Crippen LogP contribution is -3.00. The highest BCUT2D eigenvalue weighted by atomic mass is 127. The number of nitrogens with zero attached hydrogens (tertiary/aromatic N) is 1. The third-order valence-electron chi connectivity index (χ3n) is 4.30. The molecule has 1 aromatic heterocycles. The molecule has 0 saturated carbocycles. The summed E-state index contributed by atoms with van der Waals surface area (Å²) in [7, 11) is 4.04.